The van der Waals surface area contributed by atoms with E-state index in [1.165, 1.54) is 0 Å². The minimum absolute atomic E-state index is 0. The van der Waals surface area contributed by atoms with Crippen molar-refractivity contribution in [2.45, 2.75) is 0 Å². The quantitative estimate of drug-likeness (QED) is 0.218. The average molecular weight is 516 g/mol. The van der Waals surface area contributed by atoms with E-state index < -0.39 is 87.5 Å². The van der Waals surface area contributed by atoms with Gasteiger partial charge in [0.05, 0.1) is 17.9 Å². The van der Waals surface area contributed by atoms with Crippen molar-refractivity contribution in [2.75, 3.05) is 17.3 Å². The average Bonchev–Trinajstić information content (AvgIpc) is 2.39. The predicted octanol–water partition coefficient (Wildman–Crippen LogP) is -17.7. The summed E-state index contributed by atoms with van der Waals surface area (Å²) < 4.78 is 94.0. The number of hydrogen-bond donors (Lipinski definition) is 0. The maximum atomic E-state index is 11.5. The van der Waals surface area contributed by atoms with Crippen molar-refractivity contribution in [3.63, 3.8) is 0 Å². The van der Waals surface area contributed by atoms with Gasteiger partial charge in [0.1, 0.15) is 17.3 Å². The van der Waals surface area contributed by atoms with E-state index in [4.69, 9.17) is 0 Å². The molecule has 0 N–H and O–H groups in total. The Morgan fingerprint density at radius 3 is 0.879 bits per heavy atom. The molecule has 0 unspecified atom stereocenters. The van der Waals surface area contributed by atoms with E-state index in [0.717, 1.165) is 0 Å². The standard InChI is InChI=1S/C6H9B3O18S3.3Li/c10-4(11)1-28(16,17)25-7-22-8(26-29(18,19)2-5(12)13)24-9(23-7)27-30(20,21)3-6(14)15;;;/h1-3H2,(H,10,11)(H,12,13)(H,14,15);;;/q;3*+1/p-3. The third-order valence-electron chi connectivity index (χ3n) is 2.23. The summed E-state index contributed by atoms with van der Waals surface area (Å²) >= 11 is 0. The first kappa shape index (κ1) is 37.6. The molecule has 0 atom stereocenters. The molecule has 1 aliphatic rings. The van der Waals surface area contributed by atoms with Crippen LogP contribution in [-0.2, 0) is 70.8 Å². The molecule has 0 amide bonds. The topological polar surface area (TPSA) is 278 Å². The third-order valence-corrected chi connectivity index (χ3v) is 5.34. The molecule has 1 fully saturated rings. The molecule has 1 heterocycles. The Hall–Kier alpha value is 0.00701. The van der Waals surface area contributed by atoms with Gasteiger partial charge in [0, 0.05) is 0 Å². The van der Waals surface area contributed by atoms with E-state index >= 15 is 0 Å². The van der Waals surface area contributed by atoms with Crippen molar-refractivity contribution in [1.29, 1.82) is 0 Å². The first-order valence-corrected chi connectivity index (χ1v) is 11.5. The zero-order chi connectivity index (χ0) is 23.3. The van der Waals surface area contributed by atoms with Gasteiger partial charge in [-0.3, -0.25) is 12.3 Å². The first-order chi connectivity index (χ1) is 13.5. The molecule has 1 saturated heterocycles. The molecule has 0 saturated carbocycles. The Morgan fingerprint density at radius 1 is 0.545 bits per heavy atom. The van der Waals surface area contributed by atoms with Crippen molar-refractivity contribution in [3.05, 3.63) is 0 Å². The van der Waals surface area contributed by atoms with Crippen molar-refractivity contribution < 1.29 is 138 Å². The molecule has 0 aromatic heterocycles. The number of carboxylic acids is 3. The minimum Gasteiger partial charge on any atom is -0.549 e. The van der Waals surface area contributed by atoms with Crippen molar-refractivity contribution in [3.8, 4) is 0 Å². The van der Waals surface area contributed by atoms with Gasteiger partial charge in [0.2, 0.25) is 0 Å². The molecule has 27 heteroatoms. The molecule has 0 aromatic rings. The van der Waals surface area contributed by atoms with Crippen LogP contribution in [-0.4, -0.2) is 82.4 Å². The van der Waals surface area contributed by atoms with E-state index in [1.807, 2.05) is 0 Å². The van der Waals surface area contributed by atoms with Gasteiger partial charge in [0.25, 0.3) is 30.4 Å². The maximum Gasteiger partial charge on any atom is 1.00 e. The minimum atomic E-state index is -5.04. The largest absolute Gasteiger partial charge is 1.00 e. The van der Waals surface area contributed by atoms with Crippen LogP contribution in [0.2, 0.25) is 0 Å². The summed E-state index contributed by atoms with van der Waals surface area (Å²) in [6.07, 6.45) is 0. The van der Waals surface area contributed by atoms with Gasteiger partial charge in [-0.1, -0.05) is 0 Å². The van der Waals surface area contributed by atoms with Crippen LogP contribution in [0.5, 0.6) is 0 Å². The normalized spacial score (nSPS) is 14.4. The molecule has 1 aliphatic heterocycles. The third kappa shape index (κ3) is 16.3. The Bertz CT molecular complexity index is 864. The molecule has 0 aromatic carbocycles. The second-order valence-electron chi connectivity index (χ2n) is 4.79. The molecular formula is C6H6B3Li3O18S3. The first-order valence-electron chi connectivity index (χ1n) is 6.77. The van der Waals surface area contributed by atoms with Gasteiger partial charge in [0.15, 0.2) is 0 Å². The summed E-state index contributed by atoms with van der Waals surface area (Å²) in [6.45, 7) is 0. The van der Waals surface area contributed by atoms with Crippen LogP contribution in [0.3, 0.4) is 0 Å². The van der Waals surface area contributed by atoms with Gasteiger partial charge in [-0.25, -0.2) is 25.3 Å². The number of carbonyl (C=O) groups excluding carboxylic acids is 3. The molecule has 0 spiro atoms. The number of rotatable bonds is 12. The van der Waals surface area contributed by atoms with Crippen LogP contribution < -0.4 is 71.9 Å². The molecule has 18 nitrogen and oxygen atoms in total. The van der Waals surface area contributed by atoms with E-state index in [-0.39, 0.29) is 56.6 Å². The Kier molecular flexibility index (Phi) is 17.3. The van der Waals surface area contributed by atoms with Crippen LogP contribution in [0.4, 0.5) is 0 Å². The molecule has 33 heavy (non-hydrogen) atoms. The number of aliphatic carboxylic acids is 3. The molecule has 0 bridgehead atoms. The second-order valence-corrected chi connectivity index (χ2v) is 9.57. The Labute approximate surface area is 223 Å². The number of hydrogen-bond acceptors (Lipinski definition) is 18. The van der Waals surface area contributed by atoms with Crippen molar-refractivity contribution >= 4 is 70.2 Å². The summed E-state index contributed by atoms with van der Waals surface area (Å²) in [5, 5.41) is 31.1. The fraction of sp³-hybridized carbons (Fsp3) is 0.500. The van der Waals surface area contributed by atoms with Gasteiger partial charge in [-0.15, -0.1) is 0 Å². The fourth-order valence-electron chi connectivity index (χ4n) is 1.40. The van der Waals surface area contributed by atoms with E-state index in [2.05, 4.69) is 26.0 Å². The molecular weight excluding hydrogens is 510 g/mol. The van der Waals surface area contributed by atoms with Crippen LogP contribution in [0.25, 0.3) is 0 Å². The van der Waals surface area contributed by atoms with Crippen LogP contribution in [0.1, 0.15) is 0 Å². The van der Waals surface area contributed by atoms with E-state index in [1.54, 1.807) is 0 Å². The van der Waals surface area contributed by atoms with Crippen molar-refractivity contribution in [1.82, 2.24) is 0 Å². The Morgan fingerprint density at radius 2 is 0.727 bits per heavy atom. The summed E-state index contributed by atoms with van der Waals surface area (Å²) in [6, 6.07) is 0. The van der Waals surface area contributed by atoms with Gasteiger partial charge in [-0.2, -0.15) is 0 Å². The number of carboxylic acid groups (broad SMARTS) is 3. The summed E-state index contributed by atoms with van der Waals surface area (Å²) in [7, 11) is -23.1. The zero-order valence-corrected chi connectivity index (χ0v) is 19.4. The van der Waals surface area contributed by atoms with Crippen molar-refractivity contribution in [2.24, 2.45) is 0 Å². The van der Waals surface area contributed by atoms with Gasteiger partial charge < -0.3 is 43.4 Å². The molecule has 1 rings (SSSR count). The SMILES string of the molecule is O=C([O-])CS(=O)(=O)OB1OB(OS(=O)(=O)CC(=O)[O-])OB(OS(=O)(=O)CC(=O)[O-])O1.[Li+].[Li+].[Li+]. The fourth-order valence-corrected chi connectivity index (χ4v) is 3.46. The summed E-state index contributed by atoms with van der Waals surface area (Å²) in [5.74, 6) is -11.8. The van der Waals surface area contributed by atoms with E-state index in [0.29, 0.717) is 0 Å². The summed E-state index contributed by atoms with van der Waals surface area (Å²) in [5.41, 5.74) is 0. The monoisotopic (exact) mass is 516 g/mol. The number of carbonyl (C=O) groups is 3. The second kappa shape index (κ2) is 15.2. The van der Waals surface area contributed by atoms with Crippen LogP contribution >= 0.6 is 0 Å². The van der Waals surface area contributed by atoms with Gasteiger partial charge >= 0.3 is 78.5 Å². The van der Waals surface area contributed by atoms with Crippen LogP contribution in [0.15, 0.2) is 0 Å². The van der Waals surface area contributed by atoms with Gasteiger partial charge in [-0.05, 0) is 0 Å². The van der Waals surface area contributed by atoms with Crippen LogP contribution in [0, 0.1) is 0 Å². The molecule has 168 valence electrons. The summed E-state index contributed by atoms with van der Waals surface area (Å²) in [4.78, 5) is 31.1. The zero-order valence-electron chi connectivity index (χ0n) is 16.9. The molecule has 0 radical (unpaired) electrons. The van der Waals surface area contributed by atoms with E-state index in [9.17, 15) is 55.0 Å². The maximum absolute atomic E-state index is 11.5. The molecule has 0 aliphatic carbocycles. The Balaban J connectivity index is -0.00000300. The smallest absolute Gasteiger partial charge is 0.549 e. The predicted molar refractivity (Wildman–Crippen MR) is 80.2 cm³/mol.